The van der Waals surface area contributed by atoms with Crippen LogP contribution in [0.3, 0.4) is 0 Å². The summed E-state index contributed by atoms with van der Waals surface area (Å²) in [5, 5.41) is 2.88. The van der Waals surface area contributed by atoms with E-state index in [-0.39, 0.29) is 11.8 Å². The highest BCUT2D eigenvalue weighted by Gasteiger charge is 2.11. The van der Waals surface area contributed by atoms with Crippen LogP contribution < -0.4 is 11.1 Å². The summed E-state index contributed by atoms with van der Waals surface area (Å²) in [6.07, 6.45) is 1.93. The van der Waals surface area contributed by atoms with E-state index in [1.54, 1.807) is 6.07 Å². The standard InChI is InChI=1S/C13H20N2O/c1-4-5-10(3)13(16)15-11-7-6-9(2)12(14)8-11/h6-8,10H,4-5,14H2,1-3H3,(H,15,16). The molecule has 0 heterocycles. The second-order valence-electron chi connectivity index (χ2n) is 4.25. The predicted octanol–water partition coefficient (Wildman–Crippen LogP) is 2.95. The number of rotatable bonds is 4. The Labute approximate surface area is 97.0 Å². The van der Waals surface area contributed by atoms with Crippen molar-refractivity contribution in [1.82, 2.24) is 0 Å². The molecular weight excluding hydrogens is 200 g/mol. The molecule has 0 saturated heterocycles. The molecule has 0 fully saturated rings. The van der Waals surface area contributed by atoms with Crippen LogP contribution in [0.15, 0.2) is 18.2 Å². The average Bonchev–Trinajstić information content (AvgIpc) is 2.24. The van der Waals surface area contributed by atoms with E-state index in [0.717, 1.165) is 24.1 Å². The molecule has 0 aliphatic heterocycles. The van der Waals surface area contributed by atoms with Crippen LogP contribution in [0, 0.1) is 12.8 Å². The molecule has 0 saturated carbocycles. The minimum absolute atomic E-state index is 0.0486. The molecule has 1 atom stereocenters. The van der Waals surface area contributed by atoms with Gasteiger partial charge in [-0.2, -0.15) is 0 Å². The molecule has 0 aliphatic rings. The van der Waals surface area contributed by atoms with Crippen LogP contribution in [-0.2, 0) is 4.79 Å². The normalized spacial score (nSPS) is 12.2. The molecule has 3 heteroatoms. The zero-order chi connectivity index (χ0) is 12.1. The van der Waals surface area contributed by atoms with Gasteiger partial charge in [0.1, 0.15) is 0 Å². The summed E-state index contributed by atoms with van der Waals surface area (Å²) in [6.45, 7) is 5.96. The monoisotopic (exact) mass is 220 g/mol. The van der Waals surface area contributed by atoms with Crippen molar-refractivity contribution in [3.05, 3.63) is 23.8 Å². The molecule has 1 aromatic carbocycles. The molecule has 0 aromatic heterocycles. The largest absolute Gasteiger partial charge is 0.398 e. The lowest BCUT2D eigenvalue weighted by atomic mass is 10.1. The van der Waals surface area contributed by atoms with Crippen LogP contribution in [0.25, 0.3) is 0 Å². The number of carbonyl (C=O) groups excluding carboxylic acids is 1. The van der Waals surface area contributed by atoms with Gasteiger partial charge in [0.2, 0.25) is 5.91 Å². The highest BCUT2D eigenvalue weighted by Crippen LogP contribution is 2.18. The van der Waals surface area contributed by atoms with E-state index in [2.05, 4.69) is 12.2 Å². The molecule has 0 radical (unpaired) electrons. The first-order chi connectivity index (χ1) is 7.54. The zero-order valence-electron chi connectivity index (χ0n) is 10.2. The van der Waals surface area contributed by atoms with E-state index in [1.807, 2.05) is 26.0 Å². The Morgan fingerprint density at radius 1 is 1.50 bits per heavy atom. The third-order valence-corrected chi connectivity index (χ3v) is 2.72. The summed E-state index contributed by atoms with van der Waals surface area (Å²) in [4.78, 5) is 11.7. The number of amides is 1. The lowest BCUT2D eigenvalue weighted by Gasteiger charge is -2.12. The number of anilines is 2. The van der Waals surface area contributed by atoms with Crippen LogP contribution in [0.4, 0.5) is 11.4 Å². The number of nitrogen functional groups attached to an aromatic ring is 1. The van der Waals surface area contributed by atoms with Gasteiger partial charge in [-0.15, -0.1) is 0 Å². The van der Waals surface area contributed by atoms with Gasteiger partial charge in [-0.3, -0.25) is 4.79 Å². The Morgan fingerprint density at radius 3 is 2.75 bits per heavy atom. The van der Waals surface area contributed by atoms with Crippen molar-refractivity contribution in [3.63, 3.8) is 0 Å². The highest BCUT2D eigenvalue weighted by atomic mass is 16.1. The Morgan fingerprint density at radius 2 is 2.19 bits per heavy atom. The second-order valence-corrected chi connectivity index (χ2v) is 4.25. The second kappa shape index (κ2) is 5.54. The fraction of sp³-hybridized carbons (Fsp3) is 0.462. The number of aryl methyl sites for hydroxylation is 1. The van der Waals surface area contributed by atoms with Crippen molar-refractivity contribution < 1.29 is 4.79 Å². The van der Waals surface area contributed by atoms with Crippen molar-refractivity contribution in [2.24, 2.45) is 5.92 Å². The van der Waals surface area contributed by atoms with Gasteiger partial charge in [0.15, 0.2) is 0 Å². The summed E-state index contributed by atoms with van der Waals surface area (Å²) in [5.41, 5.74) is 8.29. The smallest absolute Gasteiger partial charge is 0.227 e. The van der Waals surface area contributed by atoms with E-state index in [1.165, 1.54) is 0 Å². The number of benzene rings is 1. The molecule has 0 aliphatic carbocycles. The molecule has 0 bridgehead atoms. The SMILES string of the molecule is CCCC(C)C(=O)Nc1ccc(C)c(N)c1. The summed E-state index contributed by atoms with van der Waals surface area (Å²) >= 11 is 0. The van der Waals surface area contributed by atoms with Gasteiger partial charge < -0.3 is 11.1 Å². The van der Waals surface area contributed by atoms with Crippen molar-refractivity contribution in [2.45, 2.75) is 33.6 Å². The quantitative estimate of drug-likeness (QED) is 0.766. The third kappa shape index (κ3) is 3.26. The van der Waals surface area contributed by atoms with Gasteiger partial charge in [0.05, 0.1) is 0 Å². The maximum atomic E-state index is 11.7. The Balaban J connectivity index is 2.66. The van der Waals surface area contributed by atoms with E-state index < -0.39 is 0 Å². The topological polar surface area (TPSA) is 55.1 Å². The zero-order valence-corrected chi connectivity index (χ0v) is 10.2. The lowest BCUT2D eigenvalue weighted by Crippen LogP contribution is -2.20. The first kappa shape index (κ1) is 12.6. The van der Waals surface area contributed by atoms with Crippen LogP contribution in [0.2, 0.25) is 0 Å². The first-order valence-electron chi connectivity index (χ1n) is 5.71. The number of hydrogen-bond donors (Lipinski definition) is 2. The molecule has 1 unspecified atom stereocenters. The molecule has 1 amide bonds. The van der Waals surface area contributed by atoms with E-state index in [9.17, 15) is 4.79 Å². The Hall–Kier alpha value is -1.51. The van der Waals surface area contributed by atoms with Gasteiger partial charge in [-0.25, -0.2) is 0 Å². The maximum Gasteiger partial charge on any atom is 0.227 e. The molecule has 0 spiro atoms. The fourth-order valence-corrected chi connectivity index (χ4v) is 1.55. The summed E-state index contributed by atoms with van der Waals surface area (Å²) in [5.74, 6) is 0.109. The van der Waals surface area contributed by atoms with Gasteiger partial charge in [-0.05, 0) is 31.0 Å². The summed E-state index contributed by atoms with van der Waals surface area (Å²) in [7, 11) is 0. The molecule has 1 aromatic rings. The van der Waals surface area contributed by atoms with Crippen LogP contribution in [-0.4, -0.2) is 5.91 Å². The van der Waals surface area contributed by atoms with Crippen molar-refractivity contribution in [3.8, 4) is 0 Å². The highest BCUT2D eigenvalue weighted by molar-refractivity contribution is 5.92. The average molecular weight is 220 g/mol. The maximum absolute atomic E-state index is 11.7. The van der Waals surface area contributed by atoms with Crippen molar-refractivity contribution in [2.75, 3.05) is 11.1 Å². The molecule has 3 nitrogen and oxygen atoms in total. The van der Waals surface area contributed by atoms with Gasteiger partial charge in [-0.1, -0.05) is 26.3 Å². The number of hydrogen-bond acceptors (Lipinski definition) is 2. The Bertz CT molecular complexity index is 374. The summed E-state index contributed by atoms with van der Waals surface area (Å²) < 4.78 is 0. The first-order valence-corrected chi connectivity index (χ1v) is 5.71. The van der Waals surface area contributed by atoms with Crippen molar-refractivity contribution >= 4 is 17.3 Å². The van der Waals surface area contributed by atoms with E-state index in [4.69, 9.17) is 5.73 Å². The predicted molar refractivity (Wildman–Crippen MR) is 68.3 cm³/mol. The molecule has 16 heavy (non-hydrogen) atoms. The van der Waals surface area contributed by atoms with Crippen molar-refractivity contribution in [1.29, 1.82) is 0 Å². The van der Waals surface area contributed by atoms with Crippen LogP contribution in [0.1, 0.15) is 32.3 Å². The number of nitrogens with one attached hydrogen (secondary N) is 1. The molecular formula is C13H20N2O. The molecule has 3 N–H and O–H groups in total. The summed E-state index contributed by atoms with van der Waals surface area (Å²) in [6, 6.07) is 5.59. The minimum atomic E-state index is 0.0486. The van der Waals surface area contributed by atoms with Gasteiger partial charge in [0.25, 0.3) is 0 Å². The van der Waals surface area contributed by atoms with Gasteiger partial charge in [0, 0.05) is 17.3 Å². The molecule has 88 valence electrons. The van der Waals surface area contributed by atoms with Crippen LogP contribution in [0.5, 0.6) is 0 Å². The van der Waals surface area contributed by atoms with Gasteiger partial charge >= 0.3 is 0 Å². The van der Waals surface area contributed by atoms with E-state index >= 15 is 0 Å². The fourth-order valence-electron chi connectivity index (χ4n) is 1.55. The Kier molecular flexibility index (Phi) is 4.35. The molecule has 1 rings (SSSR count). The van der Waals surface area contributed by atoms with Crippen LogP contribution >= 0.6 is 0 Å². The minimum Gasteiger partial charge on any atom is -0.398 e. The van der Waals surface area contributed by atoms with E-state index in [0.29, 0.717) is 5.69 Å². The number of nitrogens with two attached hydrogens (primary N) is 1. The lowest BCUT2D eigenvalue weighted by molar-refractivity contribution is -0.119. The number of carbonyl (C=O) groups is 1. The third-order valence-electron chi connectivity index (χ3n) is 2.72.